The van der Waals surface area contributed by atoms with Crippen LogP contribution in [-0.4, -0.2) is 39.9 Å². The molecule has 60 valence electrons. The lowest BCUT2D eigenvalue weighted by molar-refractivity contribution is -0.216. The van der Waals surface area contributed by atoms with Crippen molar-refractivity contribution < 1.29 is 20.1 Å². The first-order valence-corrected chi connectivity index (χ1v) is 3.32. The van der Waals surface area contributed by atoms with Gasteiger partial charge in [0.1, 0.15) is 12.2 Å². The van der Waals surface area contributed by atoms with Crippen LogP contribution in [0.3, 0.4) is 0 Å². The Morgan fingerprint density at radius 2 is 2.20 bits per heavy atom. The van der Waals surface area contributed by atoms with E-state index in [9.17, 15) is 5.11 Å². The van der Waals surface area contributed by atoms with Gasteiger partial charge in [0.15, 0.2) is 5.79 Å². The van der Waals surface area contributed by atoms with Gasteiger partial charge < -0.3 is 20.1 Å². The fraction of sp³-hybridized carbons (Fsp3) is 1.00. The zero-order valence-electron chi connectivity index (χ0n) is 5.82. The molecule has 4 heteroatoms. The third-order valence-corrected chi connectivity index (χ3v) is 1.84. The summed E-state index contributed by atoms with van der Waals surface area (Å²) in [6.07, 6.45) is -1.84. The maximum atomic E-state index is 9.31. The molecule has 0 amide bonds. The molecule has 1 aliphatic rings. The molecule has 1 aliphatic heterocycles. The van der Waals surface area contributed by atoms with E-state index in [0.717, 1.165) is 0 Å². The van der Waals surface area contributed by atoms with Crippen molar-refractivity contribution in [3.63, 3.8) is 0 Å². The normalized spacial score (nSPS) is 48.0. The Morgan fingerprint density at radius 3 is 2.40 bits per heavy atom. The Morgan fingerprint density at radius 1 is 1.60 bits per heavy atom. The van der Waals surface area contributed by atoms with E-state index >= 15 is 0 Å². The van der Waals surface area contributed by atoms with Crippen molar-refractivity contribution in [1.82, 2.24) is 0 Å². The van der Waals surface area contributed by atoms with Crippen LogP contribution < -0.4 is 0 Å². The van der Waals surface area contributed by atoms with Gasteiger partial charge in [0.05, 0.1) is 6.61 Å². The Balaban J connectivity index is 2.64. The average molecular weight is 148 g/mol. The Kier molecular flexibility index (Phi) is 1.96. The zero-order valence-corrected chi connectivity index (χ0v) is 5.82. The molecule has 0 aromatic rings. The Hall–Kier alpha value is -0.160. The standard InChI is InChI=1S/C6H12O4/c1-2-6(9)5(8)4(7)3-10-6/h4-5,7-9H,2-3H2,1H3/t4-,5+,6-/m1/s1. The molecule has 1 rings (SSSR count). The average Bonchev–Trinajstić information content (AvgIpc) is 2.19. The van der Waals surface area contributed by atoms with Crippen molar-refractivity contribution in [3.8, 4) is 0 Å². The van der Waals surface area contributed by atoms with E-state index in [2.05, 4.69) is 0 Å². The fourth-order valence-electron chi connectivity index (χ4n) is 1.02. The third-order valence-electron chi connectivity index (χ3n) is 1.84. The van der Waals surface area contributed by atoms with E-state index in [-0.39, 0.29) is 13.0 Å². The maximum Gasteiger partial charge on any atom is 0.194 e. The highest BCUT2D eigenvalue weighted by atomic mass is 16.7. The number of aliphatic hydroxyl groups is 3. The smallest absolute Gasteiger partial charge is 0.194 e. The molecule has 1 saturated heterocycles. The molecular weight excluding hydrogens is 136 g/mol. The van der Waals surface area contributed by atoms with Crippen LogP contribution in [0.5, 0.6) is 0 Å². The quantitative estimate of drug-likeness (QED) is 0.438. The van der Waals surface area contributed by atoms with Crippen molar-refractivity contribution in [1.29, 1.82) is 0 Å². The summed E-state index contributed by atoms with van der Waals surface area (Å²) in [7, 11) is 0. The van der Waals surface area contributed by atoms with Crippen LogP contribution in [0, 0.1) is 0 Å². The summed E-state index contributed by atoms with van der Waals surface area (Å²) in [5.41, 5.74) is 0. The lowest BCUT2D eigenvalue weighted by Gasteiger charge is -2.23. The highest BCUT2D eigenvalue weighted by Gasteiger charge is 2.45. The highest BCUT2D eigenvalue weighted by molar-refractivity contribution is 4.87. The summed E-state index contributed by atoms with van der Waals surface area (Å²) < 4.78 is 4.77. The fourth-order valence-corrected chi connectivity index (χ4v) is 1.02. The maximum absolute atomic E-state index is 9.31. The van der Waals surface area contributed by atoms with Gasteiger partial charge in [-0.3, -0.25) is 0 Å². The summed E-state index contributed by atoms with van der Waals surface area (Å²) in [5, 5.41) is 27.3. The molecule has 0 saturated carbocycles. The molecule has 0 radical (unpaired) electrons. The molecule has 4 nitrogen and oxygen atoms in total. The van der Waals surface area contributed by atoms with Crippen LogP contribution in [0.4, 0.5) is 0 Å². The van der Waals surface area contributed by atoms with Gasteiger partial charge in [0, 0.05) is 6.42 Å². The number of hydrogen-bond acceptors (Lipinski definition) is 4. The monoisotopic (exact) mass is 148 g/mol. The lowest BCUT2D eigenvalue weighted by Crippen LogP contribution is -2.42. The zero-order chi connectivity index (χ0) is 7.78. The van der Waals surface area contributed by atoms with Crippen LogP contribution >= 0.6 is 0 Å². The third kappa shape index (κ3) is 1.03. The van der Waals surface area contributed by atoms with Gasteiger partial charge >= 0.3 is 0 Å². The summed E-state index contributed by atoms with van der Waals surface area (Å²) in [6.45, 7) is 1.69. The summed E-state index contributed by atoms with van der Waals surface area (Å²) in [5.74, 6) is -1.53. The van der Waals surface area contributed by atoms with E-state index in [1.54, 1.807) is 6.92 Å². The predicted octanol–water partition coefficient (Wildman–Crippen LogP) is -1.16. The molecule has 1 fully saturated rings. The van der Waals surface area contributed by atoms with Crippen molar-refractivity contribution in [2.45, 2.75) is 31.3 Å². The van der Waals surface area contributed by atoms with Gasteiger partial charge in [-0.1, -0.05) is 6.92 Å². The highest BCUT2D eigenvalue weighted by Crippen LogP contribution is 2.26. The van der Waals surface area contributed by atoms with Crippen LogP contribution in [0.25, 0.3) is 0 Å². The molecular formula is C6H12O4. The van der Waals surface area contributed by atoms with E-state index in [0.29, 0.717) is 0 Å². The van der Waals surface area contributed by atoms with Crippen molar-refractivity contribution >= 4 is 0 Å². The molecule has 3 atom stereocenters. The van der Waals surface area contributed by atoms with Crippen molar-refractivity contribution in [2.75, 3.05) is 6.61 Å². The molecule has 0 aromatic heterocycles. The number of hydrogen-bond donors (Lipinski definition) is 3. The van der Waals surface area contributed by atoms with Crippen LogP contribution in [0.15, 0.2) is 0 Å². The topological polar surface area (TPSA) is 69.9 Å². The molecule has 0 unspecified atom stereocenters. The number of aliphatic hydroxyl groups excluding tert-OH is 2. The Labute approximate surface area is 59.1 Å². The predicted molar refractivity (Wildman–Crippen MR) is 33.2 cm³/mol. The lowest BCUT2D eigenvalue weighted by atomic mass is 10.1. The number of rotatable bonds is 1. The number of ether oxygens (including phenoxy) is 1. The Bertz CT molecular complexity index is 127. The van der Waals surface area contributed by atoms with Gasteiger partial charge in [0.2, 0.25) is 0 Å². The second-order valence-electron chi connectivity index (χ2n) is 2.52. The minimum absolute atomic E-state index is 0.00546. The first-order valence-electron chi connectivity index (χ1n) is 3.32. The van der Waals surface area contributed by atoms with Crippen molar-refractivity contribution in [3.05, 3.63) is 0 Å². The van der Waals surface area contributed by atoms with E-state index in [1.807, 2.05) is 0 Å². The molecule has 3 N–H and O–H groups in total. The SMILES string of the molecule is CC[C@@]1(O)OC[C@@H](O)[C@@H]1O. The second kappa shape index (κ2) is 2.47. The van der Waals surface area contributed by atoms with Crippen LogP contribution in [0.1, 0.15) is 13.3 Å². The van der Waals surface area contributed by atoms with E-state index < -0.39 is 18.0 Å². The summed E-state index contributed by atoms with van der Waals surface area (Å²) in [4.78, 5) is 0. The molecule has 0 bridgehead atoms. The minimum atomic E-state index is -1.53. The van der Waals surface area contributed by atoms with Gasteiger partial charge in [-0.2, -0.15) is 0 Å². The van der Waals surface area contributed by atoms with Gasteiger partial charge in [-0.05, 0) is 0 Å². The first kappa shape index (κ1) is 7.94. The van der Waals surface area contributed by atoms with E-state index in [4.69, 9.17) is 14.9 Å². The van der Waals surface area contributed by atoms with Gasteiger partial charge in [0.25, 0.3) is 0 Å². The van der Waals surface area contributed by atoms with Crippen LogP contribution in [0.2, 0.25) is 0 Å². The molecule has 0 spiro atoms. The molecule has 0 aromatic carbocycles. The van der Waals surface area contributed by atoms with Crippen molar-refractivity contribution in [2.24, 2.45) is 0 Å². The molecule has 1 heterocycles. The van der Waals surface area contributed by atoms with Gasteiger partial charge in [-0.15, -0.1) is 0 Å². The molecule has 10 heavy (non-hydrogen) atoms. The van der Waals surface area contributed by atoms with E-state index in [1.165, 1.54) is 0 Å². The largest absolute Gasteiger partial charge is 0.388 e. The minimum Gasteiger partial charge on any atom is -0.388 e. The van der Waals surface area contributed by atoms with Crippen LogP contribution in [-0.2, 0) is 4.74 Å². The summed E-state index contributed by atoms with van der Waals surface area (Å²) in [6, 6.07) is 0. The summed E-state index contributed by atoms with van der Waals surface area (Å²) >= 11 is 0. The second-order valence-corrected chi connectivity index (χ2v) is 2.52. The first-order chi connectivity index (χ1) is 4.60. The molecule has 0 aliphatic carbocycles. The van der Waals surface area contributed by atoms with Gasteiger partial charge in [-0.25, -0.2) is 0 Å².